The molecule has 1 aromatic carbocycles. The van der Waals surface area contributed by atoms with Crippen LogP contribution in [-0.2, 0) is 31.5 Å². The van der Waals surface area contributed by atoms with Crippen molar-refractivity contribution in [1.82, 2.24) is 9.88 Å². The quantitative estimate of drug-likeness (QED) is 0.265. The van der Waals surface area contributed by atoms with Crippen LogP contribution in [0.15, 0.2) is 60.5 Å². The first kappa shape index (κ1) is 36.3. The van der Waals surface area contributed by atoms with Gasteiger partial charge >= 0.3 is 18.0 Å². The number of rotatable bonds is 4. The van der Waals surface area contributed by atoms with Crippen molar-refractivity contribution in [3.8, 4) is 0 Å². The molecule has 45 heavy (non-hydrogen) atoms. The third-order valence-electron chi connectivity index (χ3n) is 8.70. The van der Waals surface area contributed by atoms with Crippen molar-refractivity contribution in [2.75, 3.05) is 6.54 Å². The number of alkyl halides is 7. The Hall–Kier alpha value is -3.16. The van der Waals surface area contributed by atoms with Gasteiger partial charge in [-0.05, 0) is 55.4 Å². The Balaban J connectivity index is 0.00000104. The molecule has 0 bridgehead atoms. The molecular weight excluding hydrogens is 629 g/mol. The van der Waals surface area contributed by atoms with E-state index in [9.17, 15) is 43.9 Å². The molecule has 2 heterocycles. The molecule has 1 aromatic heterocycles. The van der Waals surface area contributed by atoms with Crippen LogP contribution >= 0.6 is 0 Å². The van der Waals surface area contributed by atoms with E-state index in [1.165, 1.54) is 29.3 Å². The van der Waals surface area contributed by atoms with E-state index in [1.807, 2.05) is 13.8 Å². The molecule has 1 aliphatic heterocycles. The highest BCUT2D eigenvalue weighted by molar-refractivity contribution is 7.92. The van der Waals surface area contributed by atoms with Crippen LogP contribution in [0.5, 0.6) is 0 Å². The Bertz CT molecular complexity index is 1430. The Morgan fingerprint density at radius 3 is 2.13 bits per heavy atom. The van der Waals surface area contributed by atoms with Gasteiger partial charge in [0.2, 0.25) is 15.7 Å². The fourth-order valence-corrected chi connectivity index (χ4v) is 9.05. The second-order valence-electron chi connectivity index (χ2n) is 10.9. The summed E-state index contributed by atoms with van der Waals surface area (Å²) < 4.78 is 123. The van der Waals surface area contributed by atoms with Gasteiger partial charge in [-0.1, -0.05) is 64.0 Å². The van der Waals surface area contributed by atoms with Crippen LogP contribution < -0.4 is 0 Å². The Morgan fingerprint density at radius 1 is 1.00 bits per heavy atom. The number of likely N-dealkylation sites (tertiary alicyclic amines) is 1. The molecule has 2 aliphatic carbocycles. The maximum Gasteiger partial charge on any atom is 0.435 e. The summed E-state index contributed by atoms with van der Waals surface area (Å²) in [5, 5.41) is 7.01. The summed E-state index contributed by atoms with van der Waals surface area (Å²) in [5.41, 5.74) is -7.46. The lowest BCUT2D eigenvalue weighted by molar-refractivity contribution is -0.348. The number of aliphatic hydroxyl groups is 1. The second-order valence-corrected chi connectivity index (χ2v) is 13.1. The third-order valence-corrected chi connectivity index (χ3v) is 11.1. The van der Waals surface area contributed by atoms with Gasteiger partial charge in [-0.3, -0.25) is 4.79 Å². The number of nitrogens with zero attached hydrogens (tertiary/aromatic N) is 2. The summed E-state index contributed by atoms with van der Waals surface area (Å²) in [5.74, 6) is -0.476. The van der Waals surface area contributed by atoms with Crippen LogP contribution in [0.4, 0.5) is 30.7 Å². The van der Waals surface area contributed by atoms with E-state index in [4.69, 9.17) is 5.11 Å². The van der Waals surface area contributed by atoms with E-state index in [0.29, 0.717) is 25.0 Å². The zero-order valence-corrected chi connectivity index (χ0v) is 25.8. The van der Waals surface area contributed by atoms with Gasteiger partial charge in [0, 0.05) is 24.2 Å². The molecule has 250 valence electrons. The SMILES string of the molecule is C=CO.CC.O=C(C1CCCCC1)N1CCC2(S(=O)(=O)c3ccccn3)c3ccc(C(F)(C(F)(F)F)C(F)(F)F)cc3CCC12. The van der Waals surface area contributed by atoms with E-state index in [0.717, 1.165) is 31.6 Å². The van der Waals surface area contributed by atoms with Gasteiger partial charge in [-0.25, -0.2) is 17.8 Å². The second kappa shape index (κ2) is 13.7. The third kappa shape index (κ3) is 6.18. The van der Waals surface area contributed by atoms with Crippen molar-refractivity contribution >= 4 is 15.7 Å². The monoisotopic (exact) mass is 666 g/mol. The first-order valence-corrected chi connectivity index (χ1v) is 16.2. The van der Waals surface area contributed by atoms with E-state index >= 15 is 0 Å². The molecule has 14 heteroatoms. The molecule has 2 unspecified atom stereocenters. The molecule has 2 fully saturated rings. The van der Waals surface area contributed by atoms with Crippen LogP contribution in [-0.4, -0.2) is 54.3 Å². The molecule has 5 rings (SSSR count). The van der Waals surface area contributed by atoms with Gasteiger partial charge in [0.25, 0.3) is 0 Å². The van der Waals surface area contributed by atoms with Crippen LogP contribution in [0.3, 0.4) is 0 Å². The number of halogens is 7. The molecule has 1 saturated carbocycles. The standard InChI is InChI=1S/C27H27F7N2O3S.C2H4O.C2H6/c28-25(26(29,30)31,27(32,33)34)19-10-11-20-18(16-19)9-12-21-24(20,40(38,39)22-8-4-5-14-35-22)13-15-36(21)23(37)17-6-2-1-3-7-17;1-2-3;1-2/h4-5,8,10-11,14,16-17,21H,1-3,6-7,9,12-13,15H2;2-3H,1H2;1-2H3. The lowest BCUT2D eigenvalue weighted by atomic mass is 9.76. The predicted molar refractivity (Wildman–Crippen MR) is 154 cm³/mol. The first-order valence-electron chi connectivity index (χ1n) is 14.8. The molecule has 2 aromatic rings. The maximum absolute atomic E-state index is 14.9. The molecule has 1 saturated heterocycles. The number of hydrogen-bond acceptors (Lipinski definition) is 5. The van der Waals surface area contributed by atoms with Crippen LogP contribution in [0.25, 0.3) is 0 Å². The van der Waals surface area contributed by atoms with Gasteiger partial charge in [0.1, 0.15) is 4.75 Å². The number of aliphatic hydroxyl groups excluding tert-OH is 1. The Kier molecular flexibility index (Phi) is 11.0. The molecule has 1 amide bonds. The lowest BCUT2D eigenvalue weighted by Crippen LogP contribution is -2.53. The summed E-state index contributed by atoms with van der Waals surface area (Å²) in [7, 11) is -4.42. The minimum absolute atomic E-state index is 0.0243. The van der Waals surface area contributed by atoms with Gasteiger partial charge < -0.3 is 10.0 Å². The molecule has 1 N–H and O–H groups in total. The summed E-state index contributed by atoms with van der Waals surface area (Å²) in [6, 6.07) is 5.00. The summed E-state index contributed by atoms with van der Waals surface area (Å²) in [6.45, 7) is 6.96. The molecular formula is C31H37F7N2O4S. The van der Waals surface area contributed by atoms with Crippen LogP contribution in [0.1, 0.15) is 75.5 Å². The highest BCUT2D eigenvalue weighted by Gasteiger charge is 2.74. The largest absolute Gasteiger partial charge is 0.516 e. The highest BCUT2D eigenvalue weighted by atomic mass is 32.2. The van der Waals surface area contributed by atoms with E-state index in [2.05, 4.69) is 11.6 Å². The molecule has 6 nitrogen and oxygen atoms in total. The highest BCUT2D eigenvalue weighted by Crippen LogP contribution is 2.56. The van der Waals surface area contributed by atoms with Crippen molar-refractivity contribution in [2.24, 2.45) is 5.92 Å². The topological polar surface area (TPSA) is 87.6 Å². The average Bonchev–Trinajstić information content (AvgIpc) is 3.43. The van der Waals surface area contributed by atoms with Crippen molar-refractivity contribution in [2.45, 2.75) is 99.1 Å². The minimum Gasteiger partial charge on any atom is -0.516 e. The lowest BCUT2D eigenvalue weighted by Gasteiger charge is -2.43. The van der Waals surface area contributed by atoms with E-state index < -0.39 is 44.2 Å². The Labute approximate surface area is 258 Å². The maximum atomic E-state index is 14.9. The number of fused-ring (bicyclic) bond motifs is 3. The number of aryl methyl sites for hydroxylation is 1. The predicted octanol–water partition coefficient (Wildman–Crippen LogP) is 7.88. The number of carbonyl (C=O) groups excluding carboxylic acids is 1. The van der Waals surface area contributed by atoms with Gasteiger partial charge in [-0.2, -0.15) is 26.3 Å². The van der Waals surface area contributed by atoms with Crippen molar-refractivity contribution in [1.29, 1.82) is 0 Å². The zero-order chi connectivity index (χ0) is 33.8. The number of aromatic nitrogens is 1. The van der Waals surface area contributed by atoms with Crippen LogP contribution in [0, 0.1) is 5.92 Å². The summed E-state index contributed by atoms with van der Waals surface area (Å²) in [6.07, 6.45) is -6.84. The van der Waals surface area contributed by atoms with Crippen molar-refractivity contribution < 1.29 is 49.1 Å². The normalized spacial score (nSPS) is 22.2. The number of hydrogen-bond donors (Lipinski definition) is 1. The van der Waals surface area contributed by atoms with Gasteiger partial charge in [0.15, 0.2) is 5.03 Å². The van der Waals surface area contributed by atoms with Crippen molar-refractivity contribution in [3.63, 3.8) is 0 Å². The summed E-state index contributed by atoms with van der Waals surface area (Å²) in [4.78, 5) is 19.1. The molecule has 0 spiro atoms. The zero-order valence-electron chi connectivity index (χ0n) is 25.0. The fourth-order valence-electron chi connectivity index (χ4n) is 6.77. The smallest absolute Gasteiger partial charge is 0.435 e. The number of carbonyl (C=O) groups is 1. The fraction of sp³-hybridized carbons (Fsp3) is 0.548. The number of benzene rings is 1. The number of pyridine rings is 1. The van der Waals surface area contributed by atoms with Crippen molar-refractivity contribution in [3.05, 3.63) is 72.1 Å². The summed E-state index contributed by atoms with van der Waals surface area (Å²) >= 11 is 0. The van der Waals surface area contributed by atoms with Gasteiger partial charge in [-0.15, -0.1) is 0 Å². The average molecular weight is 667 g/mol. The number of amides is 1. The number of sulfone groups is 1. The van der Waals surface area contributed by atoms with Crippen LogP contribution in [0.2, 0.25) is 0 Å². The van der Waals surface area contributed by atoms with Gasteiger partial charge in [0.05, 0.1) is 12.3 Å². The first-order chi connectivity index (χ1) is 21.1. The Morgan fingerprint density at radius 2 is 1.60 bits per heavy atom. The molecule has 0 radical (unpaired) electrons. The van der Waals surface area contributed by atoms with E-state index in [-0.39, 0.29) is 53.8 Å². The molecule has 2 atom stereocenters. The minimum atomic E-state index is -6.30. The molecule has 3 aliphatic rings. The van der Waals surface area contributed by atoms with E-state index in [1.54, 1.807) is 0 Å².